The van der Waals surface area contributed by atoms with Gasteiger partial charge >= 0.3 is 6.01 Å². The van der Waals surface area contributed by atoms with Gasteiger partial charge in [-0.15, -0.1) is 0 Å². The highest BCUT2D eigenvalue weighted by molar-refractivity contribution is 5.94. The van der Waals surface area contributed by atoms with E-state index in [1.54, 1.807) is 4.90 Å². The van der Waals surface area contributed by atoms with Gasteiger partial charge in [-0.25, -0.2) is 6.57 Å². The van der Waals surface area contributed by atoms with E-state index in [9.17, 15) is 4.79 Å². The number of carbonyl (C=O) groups excluding carboxylic acids is 1. The molecule has 3 aromatic rings. The number of carbonyl (C=O) groups is 1. The van der Waals surface area contributed by atoms with E-state index >= 15 is 0 Å². The van der Waals surface area contributed by atoms with E-state index in [1.807, 2.05) is 0 Å². The minimum absolute atomic E-state index is 0.101. The molecule has 1 aromatic heterocycles. The molecule has 1 aliphatic carbocycles. The lowest BCUT2D eigenvalue weighted by Crippen LogP contribution is -2.56. The summed E-state index contributed by atoms with van der Waals surface area (Å²) in [7, 11) is 2.16. The zero-order valence-corrected chi connectivity index (χ0v) is 24.6. The number of benzene rings is 2. The van der Waals surface area contributed by atoms with Gasteiger partial charge in [-0.3, -0.25) is 4.79 Å². The molecule has 218 valence electrons. The van der Waals surface area contributed by atoms with Crippen LogP contribution in [0.4, 0.5) is 11.5 Å². The summed E-state index contributed by atoms with van der Waals surface area (Å²) >= 11 is 0. The van der Waals surface area contributed by atoms with Crippen molar-refractivity contribution < 1.29 is 9.53 Å². The first-order valence-electron chi connectivity index (χ1n) is 15.0. The third-order valence-electron chi connectivity index (χ3n) is 9.14. The number of amides is 1. The lowest BCUT2D eigenvalue weighted by Gasteiger charge is -2.42. The predicted octanol–water partition coefficient (Wildman–Crippen LogP) is 4.18. The average Bonchev–Trinajstić information content (AvgIpc) is 3.01. The lowest BCUT2D eigenvalue weighted by atomic mass is 9.88. The van der Waals surface area contributed by atoms with Gasteiger partial charge in [0, 0.05) is 61.7 Å². The van der Waals surface area contributed by atoms with Crippen LogP contribution < -0.4 is 14.5 Å². The second-order valence-electron chi connectivity index (χ2n) is 11.5. The van der Waals surface area contributed by atoms with Crippen LogP contribution in [0.2, 0.25) is 0 Å². The van der Waals surface area contributed by atoms with Crippen LogP contribution in [-0.4, -0.2) is 90.2 Å². The SMILES string of the molecule is [C-]#[N+]C[C@H]1CN(c2nc(OC3CC(N(C)CC)C3)nc3c2CCN(c2cccc4ccccc24)C3)CCN1C(=O)C=C. The smallest absolute Gasteiger partial charge is 0.318 e. The summed E-state index contributed by atoms with van der Waals surface area (Å²) in [6.45, 7) is 17.8. The molecule has 6 rings (SSSR count). The van der Waals surface area contributed by atoms with Crippen molar-refractivity contribution in [1.82, 2.24) is 19.8 Å². The van der Waals surface area contributed by atoms with Crippen LogP contribution in [0.25, 0.3) is 15.6 Å². The van der Waals surface area contributed by atoms with Crippen LogP contribution in [0.15, 0.2) is 55.1 Å². The van der Waals surface area contributed by atoms with Gasteiger partial charge in [0.05, 0.1) is 12.2 Å². The van der Waals surface area contributed by atoms with Gasteiger partial charge in [-0.1, -0.05) is 49.9 Å². The van der Waals surface area contributed by atoms with Crippen molar-refractivity contribution in [2.45, 2.75) is 50.9 Å². The van der Waals surface area contributed by atoms with Crippen LogP contribution in [-0.2, 0) is 17.8 Å². The minimum Gasteiger partial charge on any atom is -0.460 e. The molecule has 1 saturated heterocycles. The molecule has 1 amide bonds. The molecular formula is C33H39N7O2. The molecule has 9 nitrogen and oxygen atoms in total. The van der Waals surface area contributed by atoms with Gasteiger partial charge in [-0.05, 0) is 37.5 Å². The van der Waals surface area contributed by atoms with Crippen LogP contribution in [0, 0.1) is 6.57 Å². The standard InChI is InChI=1S/C33H39N7O2/c1-5-31(41)40-17-16-39(21-25(40)20-34-3)32-28-14-15-38(30-13-9-11-23-10-7-8-12-27(23)30)22-29(28)35-33(36-32)42-26-18-24(19-26)37(4)6-2/h5,7-13,24-26H,1,6,14-22H2,2,4H3/t24?,25-,26?/m0/s1. The molecule has 3 aliphatic rings. The summed E-state index contributed by atoms with van der Waals surface area (Å²) in [4.78, 5) is 35.0. The summed E-state index contributed by atoms with van der Waals surface area (Å²) in [6.07, 6.45) is 4.19. The van der Waals surface area contributed by atoms with Crippen molar-refractivity contribution in [3.8, 4) is 6.01 Å². The van der Waals surface area contributed by atoms with E-state index in [0.29, 0.717) is 38.2 Å². The van der Waals surface area contributed by atoms with Gasteiger partial charge in [0.15, 0.2) is 0 Å². The Hall–Kier alpha value is -4.16. The summed E-state index contributed by atoms with van der Waals surface area (Å²) in [6, 6.07) is 15.7. The maximum absolute atomic E-state index is 12.5. The number of rotatable bonds is 8. The van der Waals surface area contributed by atoms with Crippen molar-refractivity contribution in [2.24, 2.45) is 0 Å². The molecule has 0 spiro atoms. The van der Waals surface area contributed by atoms with Crippen molar-refractivity contribution in [3.63, 3.8) is 0 Å². The van der Waals surface area contributed by atoms with E-state index in [0.717, 1.165) is 49.4 Å². The first kappa shape index (κ1) is 28.0. The first-order valence-corrected chi connectivity index (χ1v) is 15.0. The molecule has 42 heavy (non-hydrogen) atoms. The fourth-order valence-corrected chi connectivity index (χ4v) is 6.51. The Balaban J connectivity index is 1.31. The Morgan fingerprint density at radius 2 is 1.95 bits per heavy atom. The van der Waals surface area contributed by atoms with E-state index in [2.05, 4.69) is 82.6 Å². The van der Waals surface area contributed by atoms with Gasteiger partial charge in [0.1, 0.15) is 18.0 Å². The number of hydrogen-bond donors (Lipinski definition) is 0. The molecule has 1 atom stereocenters. The number of ether oxygens (including phenoxy) is 1. The van der Waals surface area contributed by atoms with Gasteiger partial charge < -0.3 is 29.2 Å². The monoisotopic (exact) mass is 565 g/mol. The van der Waals surface area contributed by atoms with Crippen molar-refractivity contribution in [3.05, 3.63) is 77.8 Å². The van der Waals surface area contributed by atoms with E-state index in [4.69, 9.17) is 21.3 Å². The Bertz CT molecular complexity index is 1510. The molecule has 9 heteroatoms. The Morgan fingerprint density at radius 1 is 1.14 bits per heavy atom. The van der Waals surface area contributed by atoms with E-state index in [1.165, 1.54) is 22.5 Å². The Morgan fingerprint density at radius 3 is 2.74 bits per heavy atom. The molecule has 2 aliphatic heterocycles. The highest BCUT2D eigenvalue weighted by Crippen LogP contribution is 2.36. The van der Waals surface area contributed by atoms with Gasteiger partial charge in [0.25, 0.3) is 0 Å². The summed E-state index contributed by atoms with van der Waals surface area (Å²) in [5, 5.41) is 2.46. The second kappa shape index (κ2) is 12.0. The number of piperazine rings is 1. The highest BCUT2D eigenvalue weighted by Gasteiger charge is 2.37. The molecule has 0 radical (unpaired) electrons. The zero-order valence-electron chi connectivity index (χ0n) is 24.6. The molecule has 1 saturated carbocycles. The molecule has 2 aromatic carbocycles. The molecule has 2 fully saturated rings. The summed E-state index contributed by atoms with van der Waals surface area (Å²) in [5.41, 5.74) is 3.34. The summed E-state index contributed by atoms with van der Waals surface area (Å²) in [5.74, 6) is 0.758. The summed E-state index contributed by atoms with van der Waals surface area (Å²) < 4.78 is 6.41. The average molecular weight is 566 g/mol. The zero-order chi connectivity index (χ0) is 29.2. The number of fused-ring (bicyclic) bond motifs is 2. The Labute approximate surface area is 248 Å². The normalized spacial score (nSPS) is 22.0. The maximum Gasteiger partial charge on any atom is 0.318 e. The minimum atomic E-state index is -0.218. The Kier molecular flexibility index (Phi) is 7.98. The molecule has 3 heterocycles. The van der Waals surface area contributed by atoms with Crippen molar-refractivity contribution in [2.75, 3.05) is 56.1 Å². The molecule has 0 N–H and O–H groups in total. The number of nitrogens with zero attached hydrogens (tertiary/aromatic N) is 7. The molecule has 0 bridgehead atoms. The van der Waals surface area contributed by atoms with Crippen LogP contribution in [0.1, 0.15) is 31.0 Å². The van der Waals surface area contributed by atoms with Crippen LogP contribution >= 0.6 is 0 Å². The number of hydrogen-bond acceptors (Lipinski definition) is 7. The predicted molar refractivity (Wildman–Crippen MR) is 166 cm³/mol. The van der Waals surface area contributed by atoms with Crippen molar-refractivity contribution >= 4 is 28.2 Å². The highest BCUT2D eigenvalue weighted by atomic mass is 16.5. The van der Waals surface area contributed by atoms with E-state index < -0.39 is 0 Å². The number of anilines is 2. The van der Waals surface area contributed by atoms with E-state index in [-0.39, 0.29) is 24.6 Å². The fourth-order valence-electron chi connectivity index (χ4n) is 6.51. The second-order valence-corrected chi connectivity index (χ2v) is 11.5. The van der Waals surface area contributed by atoms with Gasteiger partial charge in [0.2, 0.25) is 12.5 Å². The van der Waals surface area contributed by atoms with Crippen LogP contribution in [0.5, 0.6) is 6.01 Å². The molecular weight excluding hydrogens is 526 g/mol. The third-order valence-corrected chi connectivity index (χ3v) is 9.14. The largest absolute Gasteiger partial charge is 0.460 e. The first-order chi connectivity index (χ1) is 20.5. The maximum atomic E-state index is 12.5. The lowest BCUT2D eigenvalue weighted by molar-refractivity contribution is -0.128. The topological polar surface area (TPSA) is 69.4 Å². The quantitative estimate of drug-likeness (QED) is 0.300. The third kappa shape index (κ3) is 5.39. The fraction of sp³-hybridized carbons (Fsp3) is 0.455. The van der Waals surface area contributed by atoms with Crippen molar-refractivity contribution in [1.29, 1.82) is 0 Å². The van der Waals surface area contributed by atoms with Gasteiger partial charge in [-0.2, -0.15) is 9.97 Å². The van der Waals surface area contributed by atoms with Crippen LogP contribution in [0.3, 0.4) is 0 Å². The molecule has 0 unspecified atom stereocenters. The number of aromatic nitrogens is 2.